The lowest BCUT2D eigenvalue weighted by Crippen LogP contribution is -2.29. The second-order valence-electron chi connectivity index (χ2n) is 15.1. The first-order valence-electron chi connectivity index (χ1n) is 21.8. The first-order chi connectivity index (χ1) is 26.2. The number of rotatable bonds is 40. The molecule has 1 rings (SSSR count). The van der Waals surface area contributed by atoms with Gasteiger partial charge in [-0.15, -0.1) is 0 Å². The van der Waals surface area contributed by atoms with Gasteiger partial charge in [-0.25, -0.2) is 4.57 Å². The molecule has 12 heteroatoms. The van der Waals surface area contributed by atoms with Crippen LogP contribution in [-0.2, 0) is 37.4 Å². The number of phosphoric ester groups is 1. The largest absolute Gasteiger partial charge is 0.472 e. The van der Waals surface area contributed by atoms with Gasteiger partial charge >= 0.3 is 19.8 Å². The minimum Gasteiger partial charge on any atom is -0.462 e. The summed E-state index contributed by atoms with van der Waals surface area (Å²) < 4.78 is 38.4. The molecule has 11 nitrogen and oxygen atoms in total. The summed E-state index contributed by atoms with van der Waals surface area (Å²) in [6.45, 7) is 2.34. The maximum Gasteiger partial charge on any atom is 0.472 e. The van der Waals surface area contributed by atoms with Crippen molar-refractivity contribution >= 4 is 19.8 Å². The summed E-state index contributed by atoms with van der Waals surface area (Å²) in [7, 11) is -4.62. The molecule has 318 valence electrons. The second-order valence-corrected chi connectivity index (χ2v) is 16.6. The van der Waals surface area contributed by atoms with E-state index in [4.69, 9.17) is 23.8 Å². The smallest absolute Gasteiger partial charge is 0.462 e. The van der Waals surface area contributed by atoms with Gasteiger partial charge in [-0.05, 0) is 38.5 Å². The molecule has 0 aliphatic carbocycles. The molecule has 0 radical (unpaired) electrons. The molecule has 1 heterocycles. The highest BCUT2D eigenvalue weighted by atomic mass is 31.2. The van der Waals surface area contributed by atoms with Gasteiger partial charge < -0.3 is 29.3 Å². The maximum absolute atomic E-state index is 12.6. The van der Waals surface area contributed by atoms with Crippen LogP contribution in [0.15, 0.2) is 12.2 Å². The van der Waals surface area contributed by atoms with Crippen LogP contribution in [0.25, 0.3) is 0 Å². The van der Waals surface area contributed by atoms with Crippen LogP contribution in [0.5, 0.6) is 0 Å². The number of aliphatic hydroxyl groups is 2. The van der Waals surface area contributed by atoms with Crippen LogP contribution in [0.1, 0.15) is 194 Å². The van der Waals surface area contributed by atoms with Crippen LogP contribution in [0, 0.1) is 0 Å². The predicted octanol–water partition coefficient (Wildman–Crippen LogP) is 10.2. The molecule has 1 saturated heterocycles. The molecule has 0 bridgehead atoms. The van der Waals surface area contributed by atoms with Crippen molar-refractivity contribution in [1.82, 2.24) is 0 Å². The van der Waals surface area contributed by atoms with Gasteiger partial charge in [0.2, 0.25) is 0 Å². The number of aliphatic hydroxyl groups excluding tert-OH is 2. The molecule has 3 N–H and O–H groups in total. The Bertz CT molecular complexity index is 978. The molecular weight excluding hydrogens is 711 g/mol. The van der Waals surface area contributed by atoms with Gasteiger partial charge in [0.1, 0.15) is 12.7 Å². The van der Waals surface area contributed by atoms with Crippen molar-refractivity contribution in [3.8, 4) is 0 Å². The second kappa shape index (κ2) is 34.9. The molecule has 0 spiro atoms. The SMILES string of the molecule is CCCCCCCCCCCCCCCCCC(=O)OC[C@H](COP(=O)(O)OC[C@@H](O)CO)OC(=O)CCCCCCC/C=C\CC1OC1CCCCC. The Morgan fingerprint density at radius 3 is 1.72 bits per heavy atom. The van der Waals surface area contributed by atoms with E-state index in [-0.39, 0.29) is 19.4 Å². The third-order valence-corrected chi connectivity index (χ3v) is 10.8. The minimum atomic E-state index is -4.62. The minimum absolute atomic E-state index is 0.167. The number of unbranched alkanes of at least 4 members (excludes halogenated alkanes) is 21. The van der Waals surface area contributed by atoms with E-state index >= 15 is 0 Å². The monoisotopic (exact) mass is 791 g/mol. The van der Waals surface area contributed by atoms with E-state index < -0.39 is 51.8 Å². The fourth-order valence-electron chi connectivity index (χ4n) is 6.35. The van der Waals surface area contributed by atoms with Crippen molar-refractivity contribution in [2.75, 3.05) is 26.4 Å². The highest BCUT2D eigenvalue weighted by Crippen LogP contribution is 2.43. The Morgan fingerprint density at radius 1 is 0.648 bits per heavy atom. The topological polar surface area (TPSA) is 161 Å². The number of phosphoric acid groups is 1. The molecule has 5 atom stereocenters. The van der Waals surface area contributed by atoms with E-state index in [2.05, 4.69) is 30.5 Å². The van der Waals surface area contributed by atoms with E-state index in [0.717, 1.165) is 57.8 Å². The normalized spacial score (nSPS) is 17.7. The molecular formula is C42H79O11P. The zero-order chi connectivity index (χ0) is 39.5. The van der Waals surface area contributed by atoms with E-state index in [1.165, 1.54) is 96.3 Å². The summed E-state index contributed by atoms with van der Waals surface area (Å²) in [5.41, 5.74) is 0. The van der Waals surface area contributed by atoms with Crippen LogP contribution >= 0.6 is 7.82 Å². The fraction of sp³-hybridized carbons (Fsp3) is 0.905. The molecule has 0 aromatic heterocycles. The Morgan fingerprint density at radius 2 is 1.15 bits per heavy atom. The van der Waals surface area contributed by atoms with Crippen molar-refractivity contribution in [2.45, 2.75) is 218 Å². The predicted molar refractivity (Wildman–Crippen MR) is 214 cm³/mol. The van der Waals surface area contributed by atoms with Gasteiger partial charge in [-0.1, -0.05) is 154 Å². The van der Waals surface area contributed by atoms with Crippen LogP contribution < -0.4 is 0 Å². The molecule has 1 aliphatic rings. The Labute approximate surface area is 328 Å². The van der Waals surface area contributed by atoms with Gasteiger partial charge in [0.15, 0.2) is 6.10 Å². The number of esters is 2. The number of carbonyl (C=O) groups is 2. The average molecular weight is 791 g/mol. The van der Waals surface area contributed by atoms with Crippen LogP contribution in [0.4, 0.5) is 0 Å². The Balaban J connectivity index is 2.24. The molecule has 54 heavy (non-hydrogen) atoms. The first kappa shape index (κ1) is 50.7. The number of epoxide rings is 1. The van der Waals surface area contributed by atoms with E-state index in [0.29, 0.717) is 25.0 Å². The van der Waals surface area contributed by atoms with E-state index in [1.807, 2.05) is 0 Å². The standard InChI is InChI=1S/C42H79O11P/c1-3-5-7-8-9-10-11-12-13-14-15-16-20-23-27-31-41(45)49-35-38(36-51-54(47,48)50-34-37(44)33-43)52-42(46)32-28-24-21-18-17-19-22-26-30-40-39(53-40)29-25-6-4-2/h22,26,37-40,43-44H,3-21,23-25,27-36H2,1-2H3,(H,47,48)/b26-22-/t37-,38+,39?,40?/m0/s1. The average Bonchev–Trinajstić information content (AvgIpc) is 3.91. The number of hydrogen-bond donors (Lipinski definition) is 3. The zero-order valence-electron chi connectivity index (χ0n) is 34.1. The third kappa shape index (κ3) is 31.8. The van der Waals surface area contributed by atoms with Gasteiger partial charge in [0.05, 0.1) is 32.0 Å². The number of allylic oxidation sites excluding steroid dienone is 1. The molecule has 1 aliphatic heterocycles. The Kier molecular flexibility index (Phi) is 32.7. The number of ether oxygens (including phenoxy) is 3. The lowest BCUT2D eigenvalue weighted by atomic mass is 10.0. The van der Waals surface area contributed by atoms with Crippen molar-refractivity contribution in [2.24, 2.45) is 0 Å². The van der Waals surface area contributed by atoms with Gasteiger partial charge in [0.25, 0.3) is 0 Å². The summed E-state index contributed by atoms with van der Waals surface area (Å²) in [6.07, 6.45) is 33.4. The molecule has 0 aromatic carbocycles. The van der Waals surface area contributed by atoms with Crippen molar-refractivity contribution in [3.05, 3.63) is 12.2 Å². The third-order valence-electron chi connectivity index (χ3n) is 9.84. The molecule has 0 saturated carbocycles. The van der Waals surface area contributed by atoms with Crippen molar-refractivity contribution < 1.29 is 52.5 Å². The first-order valence-corrected chi connectivity index (χ1v) is 23.3. The summed E-state index contributed by atoms with van der Waals surface area (Å²) in [5.74, 6) is -0.938. The molecule has 3 unspecified atom stereocenters. The van der Waals surface area contributed by atoms with Crippen LogP contribution in [0.3, 0.4) is 0 Å². The highest BCUT2D eigenvalue weighted by molar-refractivity contribution is 7.47. The van der Waals surface area contributed by atoms with Crippen LogP contribution in [-0.4, -0.2) is 77.9 Å². The summed E-state index contributed by atoms with van der Waals surface area (Å²) in [4.78, 5) is 35.0. The van der Waals surface area contributed by atoms with Crippen LogP contribution in [0.2, 0.25) is 0 Å². The molecule has 0 amide bonds. The van der Waals surface area contributed by atoms with Gasteiger partial charge in [-0.3, -0.25) is 18.6 Å². The van der Waals surface area contributed by atoms with Gasteiger partial charge in [0, 0.05) is 12.8 Å². The maximum atomic E-state index is 12.6. The molecule has 1 fully saturated rings. The lowest BCUT2D eigenvalue weighted by Gasteiger charge is -2.20. The summed E-state index contributed by atoms with van der Waals surface area (Å²) in [5, 5.41) is 18.3. The quantitative estimate of drug-likeness (QED) is 0.0178. The van der Waals surface area contributed by atoms with Crippen molar-refractivity contribution in [3.63, 3.8) is 0 Å². The Hall–Kier alpha value is -1.33. The lowest BCUT2D eigenvalue weighted by molar-refractivity contribution is -0.161. The van der Waals surface area contributed by atoms with E-state index in [1.54, 1.807) is 0 Å². The van der Waals surface area contributed by atoms with Gasteiger partial charge in [-0.2, -0.15) is 0 Å². The zero-order valence-corrected chi connectivity index (χ0v) is 35.0. The molecule has 0 aromatic rings. The number of hydrogen-bond acceptors (Lipinski definition) is 10. The fourth-order valence-corrected chi connectivity index (χ4v) is 7.14. The summed E-state index contributed by atoms with van der Waals surface area (Å²) in [6, 6.07) is 0. The van der Waals surface area contributed by atoms with Crippen molar-refractivity contribution in [1.29, 1.82) is 0 Å². The summed E-state index contributed by atoms with van der Waals surface area (Å²) >= 11 is 0. The van der Waals surface area contributed by atoms with E-state index in [9.17, 15) is 24.2 Å². The number of carbonyl (C=O) groups excluding carboxylic acids is 2. The highest BCUT2D eigenvalue weighted by Gasteiger charge is 2.36.